The van der Waals surface area contributed by atoms with Crippen LogP contribution in [0.2, 0.25) is 0 Å². The molecule has 21 heavy (non-hydrogen) atoms. The van der Waals surface area contributed by atoms with Gasteiger partial charge in [0.25, 0.3) is 5.91 Å². The minimum atomic E-state index is -1.04. The molecular formula is C15H17BrN2O3. The molecule has 0 fully saturated rings. The molecule has 0 saturated carbocycles. The highest BCUT2D eigenvalue weighted by Crippen LogP contribution is 2.34. The van der Waals surface area contributed by atoms with Crippen molar-refractivity contribution in [1.29, 1.82) is 0 Å². The van der Waals surface area contributed by atoms with Crippen LogP contribution in [-0.4, -0.2) is 49.1 Å². The predicted octanol–water partition coefficient (Wildman–Crippen LogP) is 1.52. The molecule has 1 amide bonds. The zero-order valence-corrected chi connectivity index (χ0v) is 13.5. The van der Waals surface area contributed by atoms with Crippen LogP contribution in [0.3, 0.4) is 0 Å². The van der Waals surface area contributed by atoms with E-state index < -0.39 is 5.97 Å². The third kappa shape index (κ3) is 3.51. The number of rotatable bonds is 5. The molecule has 1 aliphatic rings. The molecule has 0 spiro atoms. The van der Waals surface area contributed by atoms with Crippen LogP contribution in [0.15, 0.2) is 28.2 Å². The highest BCUT2D eigenvalue weighted by atomic mass is 79.9. The molecule has 1 aromatic rings. The topological polar surface area (TPSA) is 69.6 Å². The highest BCUT2D eigenvalue weighted by Gasteiger charge is 2.30. The summed E-state index contributed by atoms with van der Waals surface area (Å²) in [6.45, 7) is 1.18. The van der Waals surface area contributed by atoms with Crippen LogP contribution >= 0.6 is 15.9 Å². The van der Waals surface area contributed by atoms with Gasteiger partial charge >= 0.3 is 5.97 Å². The number of nitrogens with zero attached hydrogens (tertiary/aromatic N) is 1. The Morgan fingerprint density at radius 1 is 1.38 bits per heavy atom. The fraction of sp³-hybridized carbons (Fsp3) is 0.333. The molecule has 0 atom stereocenters. The van der Waals surface area contributed by atoms with E-state index in [2.05, 4.69) is 21.2 Å². The van der Waals surface area contributed by atoms with Gasteiger partial charge in [-0.15, -0.1) is 0 Å². The molecule has 0 aliphatic heterocycles. The van der Waals surface area contributed by atoms with Crippen molar-refractivity contribution in [3.8, 4) is 0 Å². The number of nitrogens with one attached hydrogen (secondary N) is 1. The average molecular weight is 353 g/mol. The van der Waals surface area contributed by atoms with Gasteiger partial charge in [-0.25, -0.2) is 4.79 Å². The molecule has 2 N–H and O–H groups in total. The quantitative estimate of drug-likeness (QED) is 0.842. The molecule has 5 nitrogen and oxygen atoms in total. The number of likely N-dealkylation sites (N-methyl/N-ethyl adjacent to an activating group) is 1. The molecule has 1 aromatic carbocycles. The van der Waals surface area contributed by atoms with E-state index in [9.17, 15) is 14.7 Å². The lowest BCUT2D eigenvalue weighted by Gasteiger charge is -2.12. The van der Waals surface area contributed by atoms with Crippen molar-refractivity contribution in [2.75, 3.05) is 27.2 Å². The zero-order valence-electron chi connectivity index (χ0n) is 11.9. The second-order valence-corrected chi connectivity index (χ2v) is 6.11. The van der Waals surface area contributed by atoms with Crippen molar-refractivity contribution in [2.24, 2.45) is 0 Å². The van der Waals surface area contributed by atoms with E-state index in [1.807, 2.05) is 31.1 Å². The van der Waals surface area contributed by atoms with Gasteiger partial charge in [0.1, 0.15) is 0 Å². The maximum Gasteiger partial charge on any atom is 0.332 e. The smallest absolute Gasteiger partial charge is 0.332 e. The molecular weight excluding hydrogens is 336 g/mol. The van der Waals surface area contributed by atoms with E-state index in [4.69, 9.17) is 0 Å². The molecule has 0 unspecified atom stereocenters. The van der Waals surface area contributed by atoms with E-state index in [0.717, 1.165) is 10.0 Å². The summed E-state index contributed by atoms with van der Waals surface area (Å²) in [6, 6.07) is 5.46. The number of carboxylic acid groups (broad SMARTS) is 1. The molecule has 1 aliphatic carbocycles. The minimum Gasteiger partial charge on any atom is -0.478 e. The summed E-state index contributed by atoms with van der Waals surface area (Å²) in [7, 11) is 3.83. The molecule has 112 valence electrons. The Morgan fingerprint density at radius 2 is 2.10 bits per heavy atom. The second kappa shape index (κ2) is 6.41. The lowest BCUT2D eigenvalue weighted by atomic mass is 10.0. The van der Waals surface area contributed by atoms with Gasteiger partial charge < -0.3 is 15.3 Å². The third-order valence-corrected chi connectivity index (χ3v) is 3.83. The molecule has 2 rings (SSSR count). The maximum atomic E-state index is 12.3. The van der Waals surface area contributed by atoms with E-state index in [0.29, 0.717) is 18.7 Å². The number of halogens is 1. The number of benzene rings is 1. The normalized spacial score (nSPS) is 13.5. The lowest BCUT2D eigenvalue weighted by molar-refractivity contribution is -0.132. The molecule has 0 radical (unpaired) electrons. The van der Waals surface area contributed by atoms with Crippen LogP contribution in [0.25, 0.3) is 5.57 Å². The van der Waals surface area contributed by atoms with Gasteiger partial charge in [0.2, 0.25) is 0 Å². The van der Waals surface area contributed by atoms with Crippen LogP contribution in [0.5, 0.6) is 0 Å². The number of carbonyl (C=O) groups excluding carboxylic acids is 1. The van der Waals surface area contributed by atoms with Gasteiger partial charge in [-0.2, -0.15) is 0 Å². The first-order valence-electron chi connectivity index (χ1n) is 6.58. The van der Waals surface area contributed by atoms with Crippen molar-refractivity contribution >= 4 is 33.4 Å². The number of hydrogen-bond acceptors (Lipinski definition) is 3. The number of hydrogen-bond donors (Lipinski definition) is 2. The second-order valence-electron chi connectivity index (χ2n) is 5.20. The standard InChI is InChI=1S/C15H17BrN2O3/c1-18(2)6-5-17-14(19)13-11-4-3-10(16)7-9(11)8-12(13)15(20)21/h3-4,7H,5-6,8H2,1-2H3,(H,17,19)(H,20,21). The van der Waals surface area contributed by atoms with Crippen molar-refractivity contribution in [3.63, 3.8) is 0 Å². The van der Waals surface area contributed by atoms with Gasteiger partial charge in [0.15, 0.2) is 0 Å². The summed E-state index contributed by atoms with van der Waals surface area (Å²) in [6.07, 6.45) is 0.278. The van der Waals surface area contributed by atoms with E-state index in [1.54, 1.807) is 6.07 Å². The van der Waals surface area contributed by atoms with Crippen molar-refractivity contribution in [3.05, 3.63) is 39.4 Å². The van der Waals surface area contributed by atoms with Gasteiger partial charge in [0.05, 0.1) is 11.1 Å². The number of carboxylic acids is 1. The average Bonchev–Trinajstić information content (AvgIpc) is 2.76. The van der Waals surface area contributed by atoms with Crippen molar-refractivity contribution < 1.29 is 14.7 Å². The number of fused-ring (bicyclic) bond motifs is 1. The first kappa shape index (κ1) is 15.7. The van der Waals surface area contributed by atoms with E-state index in [-0.39, 0.29) is 23.5 Å². The number of aliphatic carboxylic acids is 1. The van der Waals surface area contributed by atoms with Crippen LogP contribution in [0.4, 0.5) is 0 Å². The van der Waals surface area contributed by atoms with Crippen LogP contribution in [0, 0.1) is 0 Å². The molecule has 0 saturated heterocycles. The Kier molecular flexibility index (Phi) is 4.80. The van der Waals surface area contributed by atoms with Gasteiger partial charge in [-0.05, 0) is 37.4 Å². The first-order chi connectivity index (χ1) is 9.90. The summed E-state index contributed by atoms with van der Waals surface area (Å²) in [5.41, 5.74) is 2.01. The fourth-order valence-electron chi connectivity index (χ4n) is 2.32. The predicted molar refractivity (Wildman–Crippen MR) is 84.0 cm³/mol. The molecule has 0 heterocycles. The van der Waals surface area contributed by atoms with Crippen LogP contribution < -0.4 is 5.32 Å². The van der Waals surface area contributed by atoms with Crippen molar-refractivity contribution in [1.82, 2.24) is 10.2 Å². The Bertz CT molecular complexity index is 623. The maximum absolute atomic E-state index is 12.3. The Hall–Kier alpha value is -1.66. The van der Waals surface area contributed by atoms with Gasteiger partial charge in [-0.1, -0.05) is 22.0 Å². The lowest BCUT2D eigenvalue weighted by Crippen LogP contribution is -2.32. The minimum absolute atomic E-state index is 0.158. The monoisotopic (exact) mass is 352 g/mol. The van der Waals surface area contributed by atoms with Crippen LogP contribution in [-0.2, 0) is 16.0 Å². The summed E-state index contributed by atoms with van der Waals surface area (Å²) in [4.78, 5) is 25.7. The Labute approximate surface area is 131 Å². The van der Waals surface area contributed by atoms with E-state index in [1.165, 1.54) is 0 Å². The summed E-state index contributed by atoms with van der Waals surface area (Å²) < 4.78 is 0.875. The zero-order chi connectivity index (χ0) is 15.6. The molecule has 6 heteroatoms. The Morgan fingerprint density at radius 3 is 2.71 bits per heavy atom. The largest absolute Gasteiger partial charge is 0.478 e. The SMILES string of the molecule is CN(C)CCNC(=O)C1=C(C(=O)O)Cc2cc(Br)ccc21. The van der Waals surface area contributed by atoms with E-state index >= 15 is 0 Å². The highest BCUT2D eigenvalue weighted by molar-refractivity contribution is 9.10. The fourth-order valence-corrected chi connectivity index (χ4v) is 2.73. The Balaban J connectivity index is 2.27. The van der Waals surface area contributed by atoms with Crippen LogP contribution in [0.1, 0.15) is 11.1 Å². The molecule has 0 aromatic heterocycles. The van der Waals surface area contributed by atoms with Gasteiger partial charge in [-0.3, -0.25) is 4.79 Å². The third-order valence-electron chi connectivity index (χ3n) is 3.34. The summed E-state index contributed by atoms with van der Waals surface area (Å²) in [5.74, 6) is -1.37. The number of amides is 1. The van der Waals surface area contributed by atoms with Crippen molar-refractivity contribution in [2.45, 2.75) is 6.42 Å². The first-order valence-corrected chi connectivity index (χ1v) is 7.37. The summed E-state index contributed by atoms with van der Waals surface area (Å²) >= 11 is 3.36. The molecule has 0 bridgehead atoms. The summed E-state index contributed by atoms with van der Waals surface area (Å²) in [5, 5.41) is 12.1. The van der Waals surface area contributed by atoms with Gasteiger partial charge in [0, 0.05) is 24.0 Å². The number of carbonyl (C=O) groups is 2.